The molecule has 0 atom stereocenters. The Morgan fingerprint density at radius 1 is 0.387 bits per heavy atom. The molecule has 0 saturated carbocycles. The summed E-state index contributed by atoms with van der Waals surface area (Å²) in [6, 6.07) is 26.3. The Kier molecular flexibility index (Phi) is 5.18. The van der Waals surface area contributed by atoms with Crippen LogP contribution in [-0.4, -0.2) is 0 Å². The fraction of sp³-hybridized carbons (Fsp3) is 0. The molecule has 0 fully saturated rings. The summed E-state index contributed by atoms with van der Waals surface area (Å²) >= 11 is 10.9. The molecule has 0 spiro atoms. The van der Waals surface area contributed by atoms with Crippen molar-refractivity contribution in [2.75, 3.05) is 5.73 Å². The van der Waals surface area contributed by atoms with Gasteiger partial charge in [0.2, 0.25) is 0 Å². The summed E-state index contributed by atoms with van der Waals surface area (Å²) in [5.74, 6) is 0. The number of rotatable bonds is 5. The van der Waals surface area contributed by atoms with E-state index in [-0.39, 0.29) is 0 Å². The molecule has 0 unspecified atom stereocenters. The topological polar surface area (TPSA) is 26.0 Å². The van der Waals surface area contributed by atoms with E-state index >= 15 is 0 Å². The highest BCUT2D eigenvalue weighted by molar-refractivity contribution is 7.30. The maximum atomic E-state index is 5.90. The van der Waals surface area contributed by atoms with Gasteiger partial charge in [0.25, 0.3) is 0 Å². The van der Waals surface area contributed by atoms with E-state index in [0.29, 0.717) is 0 Å². The first-order chi connectivity index (χ1) is 15.2. The van der Waals surface area contributed by atoms with Crippen LogP contribution in [0.25, 0.3) is 48.8 Å². The van der Waals surface area contributed by atoms with E-state index in [1.165, 1.54) is 48.8 Å². The van der Waals surface area contributed by atoms with E-state index in [2.05, 4.69) is 72.1 Å². The van der Waals surface area contributed by atoms with Gasteiger partial charge >= 0.3 is 0 Å². The maximum Gasteiger partial charge on any atom is 0.0863 e. The van der Waals surface area contributed by atoms with Gasteiger partial charge in [-0.1, -0.05) is 6.07 Å². The van der Waals surface area contributed by atoms with Gasteiger partial charge in [-0.25, -0.2) is 0 Å². The molecule has 0 aliphatic carbocycles. The summed E-state index contributed by atoms with van der Waals surface area (Å²) in [5, 5.41) is 3.00. The number of hydrogen-bond acceptors (Lipinski definition) is 7. The number of anilines is 1. The zero-order chi connectivity index (χ0) is 20.8. The first-order valence-electron chi connectivity index (χ1n) is 9.53. The van der Waals surface area contributed by atoms with Crippen LogP contribution in [0, 0.1) is 0 Å². The van der Waals surface area contributed by atoms with Gasteiger partial charge in [-0.3, -0.25) is 0 Å². The molecule has 0 aliphatic heterocycles. The lowest BCUT2D eigenvalue weighted by molar-refractivity contribution is 1.89. The summed E-state index contributed by atoms with van der Waals surface area (Å²) < 4.78 is 0. The average molecular weight is 510 g/mol. The minimum absolute atomic E-state index is 0.866. The normalized spacial score (nSPS) is 11.4. The van der Waals surface area contributed by atoms with E-state index in [0.717, 1.165) is 5.00 Å². The molecule has 6 rings (SSSR count). The molecule has 0 bridgehead atoms. The Hall–Kier alpha value is -2.00. The second kappa shape index (κ2) is 8.16. The second-order valence-corrected chi connectivity index (χ2v) is 13.2. The van der Waals surface area contributed by atoms with Gasteiger partial charge in [0.05, 0.1) is 5.00 Å². The Bertz CT molecular complexity index is 1450. The number of thiophene rings is 6. The van der Waals surface area contributed by atoms with Crippen LogP contribution in [0.1, 0.15) is 0 Å². The van der Waals surface area contributed by atoms with Gasteiger partial charge in [0, 0.05) is 48.8 Å². The van der Waals surface area contributed by atoms with Crippen LogP contribution in [-0.2, 0) is 0 Å². The minimum Gasteiger partial charge on any atom is -0.391 e. The fourth-order valence-electron chi connectivity index (χ4n) is 3.31. The van der Waals surface area contributed by atoms with Crippen molar-refractivity contribution < 1.29 is 0 Å². The molecular weight excluding hydrogens is 495 g/mol. The van der Waals surface area contributed by atoms with Crippen LogP contribution in [0.15, 0.2) is 78.2 Å². The van der Waals surface area contributed by atoms with Gasteiger partial charge in [-0.15, -0.1) is 68.0 Å². The Morgan fingerprint density at radius 3 is 1.06 bits per heavy atom. The highest BCUT2D eigenvalue weighted by Crippen LogP contribution is 2.45. The Balaban J connectivity index is 1.25. The van der Waals surface area contributed by atoms with Crippen molar-refractivity contribution >= 4 is 73.0 Å². The van der Waals surface area contributed by atoms with E-state index < -0.39 is 0 Å². The lowest BCUT2D eigenvalue weighted by Gasteiger charge is -1.93. The second-order valence-electron chi connectivity index (χ2n) is 6.83. The number of nitrogens with two attached hydrogens (primary N) is 1. The molecule has 1 nitrogen and oxygen atoms in total. The molecule has 0 saturated heterocycles. The van der Waals surface area contributed by atoms with E-state index in [9.17, 15) is 0 Å². The SMILES string of the molecule is Nc1ccc(-c2ccc(-c3ccc(-c4ccc(-c5ccc(-c6cccs6)s5)s4)s3)s2)s1. The third-order valence-electron chi connectivity index (χ3n) is 4.79. The molecular formula is C24H15NS6. The van der Waals surface area contributed by atoms with E-state index in [1.807, 2.05) is 51.4 Å². The number of nitrogen functional groups attached to an aromatic ring is 1. The lowest BCUT2D eigenvalue weighted by atomic mass is 10.3. The zero-order valence-corrected chi connectivity index (χ0v) is 20.9. The first-order valence-corrected chi connectivity index (χ1v) is 14.5. The molecule has 6 aromatic rings. The fourth-order valence-corrected chi connectivity index (χ4v) is 9.31. The molecule has 2 N–H and O–H groups in total. The Morgan fingerprint density at radius 2 is 0.742 bits per heavy atom. The van der Waals surface area contributed by atoms with Crippen molar-refractivity contribution in [2.45, 2.75) is 0 Å². The average Bonchev–Trinajstić information content (AvgIpc) is 3.59. The first kappa shape index (κ1) is 19.7. The van der Waals surface area contributed by atoms with Crippen LogP contribution < -0.4 is 5.73 Å². The van der Waals surface area contributed by atoms with Crippen molar-refractivity contribution in [1.29, 1.82) is 0 Å². The molecule has 0 aliphatic rings. The zero-order valence-electron chi connectivity index (χ0n) is 16.0. The van der Waals surface area contributed by atoms with E-state index in [4.69, 9.17) is 5.73 Å². The summed E-state index contributed by atoms with van der Waals surface area (Å²) in [5.41, 5.74) is 5.90. The van der Waals surface area contributed by atoms with Crippen LogP contribution in [0.4, 0.5) is 5.00 Å². The highest BCUT2D eigenvalue weighted by Gasteiger charge is 2.13. The van der Waals surface area contributed by atoms with Crippen LogP contribution >= 0.6 is 68.0 Å². The van der Waals surface area contributed by atoms with Crippen LogP contribution in [0.5, 0.6) is 0 Å². The summed E-state index contributed by atoms with van der Waals surface area (Å²) in [6.45, 7) is 0. The van der Waals surface area contributed by atoms with Crippen molar-refractivity contribution in [1.82, 2.24) is 0 Å². The largest absolute Gasteiger partial charge is 0.391 e. The predicted octanol–water partition coefficient (Wildman–Crippen LogP) is 9.97. The molecule has 0 radical (unpaired) electrons. The summed E-state index contributed by atoms with van der Waals surface area (Å²) in [4.78, 5) is 13.2. The van der Waals surface area contributed by atoms with Crippen LogP contribution in [0.2, 0.25) is 0 Å². The highest BCUT2D eigenvalue weighted by atomic mass is 32.1. The molecule has 31 heavy (non-hydrogen) atoms. The summed E-state index contributed by atoms with van der Waals surface area (Å²) in [6.07, 6.45) is 0. The van der Waals surface area contributed by atoms with Crippen LogP contribution in [0.3, 0.4) is 0 Å². The maximum absolute atomic E-state index is 5.90. The van der Waals surface area contributed by atoms with Gasteiger partial charge in [0.1, 0.15) is 0 Å². The predicted molar refractivity (Wildman–Crippen MR) is 145 cm³/mol. The third-order valence-corrected chi connectivity index (χ3v) is 11.9. The van der Waals surface area contributed by atoms with Crippen molar-refractivity contribution in [3.05, 3.63) is 78.2 Å². The molecule has 7 heteroatoms. The Labute approximate surface area is 204 Å². The van der Waals surface area contributed by atoms with Gasteiger partial charge in [-0.05, 0) is 72.1 Å². The van der Waals surface area contributed by atoms with Gasteiger partial charge in [-0.2, -0.15) is 0 Å². The van der Waals surface area contributed by atoms with Gasteiger partial charge in [0.15, 0.2) is 0 Å². The van der Waals surface area contributed by atoms with E-state index in [1.54, 1.807) is 22.7 Å². The smallest absolute Gasteiger partial charge is 0.0863 e. The van der Waals surface area contributed by atoms with Gasteiger partial charge < -0.3 is 5.73 Å². The third kappa shape index (κ3) is 3.86. The quantitative estimate of drug-likeness (QED) is 0.246. The molecule has 6 aromatic heterocycles. The number of hydrogen-bond donors (Lipinski definition) is 1. The monoisotopic (exact) mass is 509 g/mol. The molecule has 0 amide bonds. The molecule has 0 aromatic carbocycles. The molecule has 152 valence electrons. The molecule has 6 heterocycles. The summed E-state index contributed by atoms with van der Waals surface area (Å²) in [7, 11) is 0. The van der Waals surface area contributed by atoms with Crippen molar-refractivity contribution in [3.63, 3.8) is 0 Å². The van der Waals surface area contributed by atoms with Crippen molar-refractivity contribution in [3.8, 4) is 48.8 Å². The lowest BCUT2D eigenvalue weighted by Crippen LogP contribution is -1.72. The minimum atomic E-state index is 0.866. The van der Waals surface area contributed by atoms with Crippen molar-refractivity contribution in [2.24, 2.45) is 0 Å². The standard InChI is InChI=1S/C24H15NS6/c25-24-12-11-23(31-24)22-10-9-21(30-22)20-8-7-19(29-20)18-6-5-17(28-18)16-4-3-15(27-16)14-2-1-13-26-14/h1-13H,25H2.